The zero-order chi connectivity index (χ0) is 19.6. The number of carbonyl (C=O) groups is 2. The van der Waals surface area contributed by atoms with Gasteiger partial charge in [0.15, 0.2) is 11.6 Å². The summed E-state index contributed by atoms with van der Waals surface area (Å²) in [4.78, 5) is 26.2. The van der Waals surface area contributed by atoms with Crippen molar-refractivity contribution < 1.29 is 28.6 Å². The average molecular weight is 371 g/mol. The molecule has 140 valence electrons. The van der Waals surface area contributed by atoms with Crippen molar-refractivity contribution in [1.29, 1.82) is 0 Å². The van der Waals surface area contributed by atoms with Crippen LogP contribution >= 0.6 is 0 Å². The number of hydrogen-bond acceptors (Lipinski definition) is 5. The maximum Gasteiger partial charge on any atom is 0.338 e. The Balaban J connectivity index is 2.03. The van der Waals surface area contributed by atoms with Gasteiger partial charge in [-0.05, 0) is 29.8 Å². The molecule has 0 fully saturated rings. The van der Waals surface area contributed by atoms with Crippen LogP contribution in [-0.2, 0) is 20.9 Å². The molecule has 0 aliphatic carbocycles. The fraction of sp³-hybridized carbons (Fsp3) is 0.200. The summed E-state index contributed by atoms with van der Waals surface area (Å²) < 4.78 is 23.6. The quantitative estimate of drug-likeness (QED) is 0.836. The van der Waals surface area contributed by atoms with Crippen LogP contribution in [-0.4, -0.2) is 31.2 Å². The second-order valence-corrected chi connectivity index (χ2v) is 5.96. The molecule has 1 heterocycles. The van der Waals surface area contributed by atoms with Gasteiger partial charge in [-0.25, -0.2) is 9.18 Å². The van der Waals surface area contributed by atoms with Crippen LogP contribution < -0.4 is 9.64 Å². The Morgan fingerprint density at radius 3 is 2.63 bits per heavy atom. The molecule has 27 heavy (non-hydrogen) atoms. The molecule has 1 aliphatic rings. The summed E-state index contributed by atoms with van der Waals surface area (Å²) in [5.74, 6) is -1.92. The summed E-state index contributed by atoms with van der Waals surface area (Å²) >= 11 is 0. The molecule has 0 saturated heterocycles. The number of aliphatic hydroxyl groups is 1. The molecule has 7 heteroatoms. The van der Waals surface area contributed by atoms with Crippen molar-refractivity contribution >= 4 is 23.3 Å². The van der Waals surface area contributed by atoms with Gasteiger partial charge < -0.3 is 19.5 Å². The minimum Gasteiger partial charge on any atom is -0.507 e. The van der Waals surface area contributed by atoms with E-state index in [1.54, 1.807) is 30.3 Å². The molecule has 0 unspecified atom stereocenters. The number of anilines is 1. The lowest BCUT2D eigenvalue weighted by molar-refractivity contribution is -0.137. The number of carbonyl (C=O) groups excluding carboxylic acids is 2. The normalized spacial score (nSPS) is 13.9. The SMILES string of the molecule is COC(=O)C1=C(O)c2ccccc2N(Cc2ccc(OC)c(F)c2)C(=O)C1. The molecule has 0 saturated carbocycles. The number of para-hydroxylation sites is 1. The molecular formula is C20H18FNO5. The van der Waals surface area contributed by atoms with E-state index in [-0.39, 0.29) is 30.0 Å². The van der Waals surface area contributed by atoms with Gasteiger partial charge in [0.05, 0.1) is 38.4 Å². The smallest absolute Gasteiger partial charge is 0.338 e. The van der Waals surface area contributed by atoms with Crippen molar-refractivity contribution in [2.24, 2.45) is 0 Å². The van der Waals surface area contributed by atoms with Crippen LogP contribution in [0.15, 0.2) is 48.0 Å². The van der Waals surface area contributed by atoms with E-state index in [4.69, 9.17) is 4.74 Å². The average Bonchev–Trinajstić information content (AvgIpc) is 2.78. The highest BCUT2D eigenvalue weighted by molar-refractivity contribution is 6.09. The van der Waals surface area contributed by atoms with E-state index in [1.807, 2.05) is 0 Å². The van der Waals surface area contributed by atoms with Gasteiger partial charge in [-0.1, -0.05) is 18.2 Å². The molecule has 0 aromatic heterocycles. The standard InChI is InChI=1S/C20H18FNO5/c1-26-17-8-7-12(9-15(17)21)11-22-16-6-4-3-5-13(16)19(24)14(10-18(22)23)20(25)27-2/h3-9,24H,10-11H2,1-2H3. The lowest BCUT2D eigenvalue weighted by Crippen LogP contribution is -2.30. The molecule has 0 bridgehead atoms. The van der Waals surface area contributed by atoms with E-state index in [1.165, 1.54) is 31.3 Å². The highest BCUT2D eigenvalue weighted by Crippen LogP contribution is 2.34. The Morgan fingerprint density at radius 2 is 1.96 bits per heavy atom. The van der Waals surface area contributed by atoms with E-state index in [0.717, 1.165) is 0 Å². The minimum absolute atomic E-state index is 0.0679. The van der Waals surface area contributed by atoms with Crippen LogP contribution in [0.25, 0.3) is 5.76 Å². The van der Waals surface area contributed by atoms with Crippen LogP contribution in [0.3, 0.4) is 0 Å². The first-order chi connectivity index (χ1) is 13.0. The Morgan fingerprint density at radius 1 is 1.22 bits per heavy atom. The zero-order valence-electron chi connectivity index (χ0n) is 14.9. The zero-order valence-corrected chi connectivity index (χ0v) is 14.9. The van der Waals surface area contributed by atoms with Crippen molar-refractivity contribution in [3.63, 3.8) is 0 Å². The predicted molar refractivity (Wildman–Crippen MR) is 96.8 cm³/mol. The molecule has 3 rings (SSSR count). The third kappa shape index (κ3) is 3.48. The van der Waals surface area contributed by atoms with Crippen LogP contribution in [0.2, 0.25) is 0 Å². The third-order valence-corrected chi connectivity index (χ3v) is 4.35. The second-order valence-electron chi connectivity index (χ2n) is 5.96. The molecule has 1 amide bonds. The topological polar surface area (TPSA) is 76.1 Å². The number of methoxy groups -OCH3 is 2. The van der Waals surface area contributed by atoms with E-state index < -0.39 is 17.7 Å². The van der Waals surface area contributed by atoms with Crippen molar-refractivity contribution in [3.05, 3.63) is 65.0 Å². The number of nitrogens with zero attached hydrogens (tertiary/aromatic N) is 1. The maximum atomic E-state index is 14.0. The first kappa shape index (κ1) is 18.4. The summed E-state index contributed by atoms with van der Waals surface area (Å²) in [6, 6.07) is 11.1. The van der Waals surface area contributed by atoms with Crippen LogP contribution in [0, 0.1) is 5.82 Å². The monoisotopic (exact) mass is 371 g/mol. The Kier molecular flexibility index (Phi) is 5.12. The minimum atomic E-state index is -0.770. The summed E-state index contributed by atoms with van der Waals surface area (Å²) in [5, 5.41) is 10.5. The van der Waals surface area contributed by atoms with Gasteiger partial charge >= 0.3 is 5.97 Å². The fourth-order valence-electron chi connectivity index (χ4n) is 2.99. The molecule has 0 radical (unpaired) electrons. The summed E-state index contributed by atoms with van der Waals surface area (Å²) in [5.41, 5.74) is 1.18. The van der Waals surface area contributed by atoms with E-state index >= 15 is 0 Å². The molecule has 0 spiro atoms. The molecular weight excluding hydrogens is 353 g/mol. The first-order valence-corrected chi connectivity index (χ1v) is 8.19. The Labute approximate surface area is 155 Å². The Hall–Kier alpha value is -3.35. The first-order valence-electron chi connectivity index (χ1n) is 8.19. The van der Waals surface area contributed by atoms with Gasteiger partial charge in [-0.15, -0.1) is 0 Å². The van der Waals surface area contributed by atoms with Crippen molar-refractivity contribution in [1.82, 2.24) is 0 Å². The van der Waals surface area contributed by atoms with Crippen molar-refractivity contribution in [2.75, 3.05) is 19.1 Å². The molecule has 1 N–H and O–H groups in total. The third-order valence-electron chi connectivity index (χ3n) is 4.35. The van der Waals surface area contributed by atoms with Crippen LogP contribution in [0.1, 0.15) is 17.5 Å². The highest BCUT2D eigenvalue weighted by atomic mass is 19.1. The second kappa shape index (κ2) is 7.49. The highest BCUT2D eigenvalue weighted by Gasteiger charge is 2.31. The predicted octanol–water partition coefficient (Wildman–Crippen LogP) is 3.21. The number of esters is 1. The molecule has 2 aromatic carbocycles. The Bertz CT molecular complexity index is 938. The maximum absolute atomic E-state index is 14.0. The number of halogens is 1. The summed E-state index contributed by atoms with van der Waals surface area (Å²) in [6.45, 7) is 0.0679. The molecule has 6 nitrogen and oxygen atoms in total. The number of benzene rings is 2. The summed E-state index contributed by atoms with van der Waals surface area (Å²) in [6.07, 6.45) is -0.328. The number of fused-ring (bicyclic) bond motifs is 1. The van der Waals surface area contributed by atoms with E-state index in [9.17, 15) is 19.1 Å². The van der Waals surface area contributed by atoms with Gasteiger partial charge in [0.25, 0.3) is 0 Å². The fourth-order valence-corrected chi connectivity index (χ4v) is 2.99. The molecule has 2 aromatic rings. The van der Waals surface area contributed by atoms with Gasteiger partial charge in [0, 0.05) is 5.56 Å². The van der Waals surface area contributed by atoms with E-state index in [0.29, 0.717) is 16.8 Å². The van der Waals surface area contributed by atoms with Crippen LogP contribution in [0.4, 0.5) is 10.1 Å². The van der Waals surface area contributed by atoms with Crippen molar-refractivity contribution in [3.8, 4) is 5.75 Å². The number of hydrogen-bond donors (Lipinski definition) is 1. The number of rotatable bonds is 4. The number of amides is 1. The largest absolute Gasteiger partial charge is 0.507 e. The summed E-state index contributed by atoms with van der Waals surface area (Å²) in [7, 11) is 2.55. The molecule has 0 atom stereocenters. The number of ether oxygens (including phenoxy) is 2. The lowest BCUT2D eigenvalue weighted by Gasteiger charge is -2.23. The van der Waals surface area contributed by atoms with Crippen molar-refractivity contribution in [2.45, 2.75) is 13.0 Å². The number of aliphatic hydroxyl groups excluding tert-OH is 1. The van der Waals surface area contributed by atoms with Gasteiger partial charge in [-0.2, -0.15) is 0 Å². The van der Waals surface area contributed by atoms with E-state index in [2.05, 4.69) is 4.74 Å². The van der Waals surface area contributed by atoms with Gasteiger partial charge in [0.2, 0.25) is 5.91 Å². The lowest BCUT2D eigenvalue weighted by atomic mass is 10.1. The van der Waals surface area contributed by atoms with Gasteiger partial charge in [-0.3, -0.25) is 4.79 Å². The van der Waals surface area contributed by atoms with Crippen LogP contribution in [0.5, 0.6) is 5.75 Å². The molecule has 1 aliphatic heterocycles. The van der Waals surface area contributed by atoms with Gasteiger partial charge in [0.1, 0.15) is 5.76 Å².